The number of fused-ring (bicyclic) bond motifs is 1. The monoisotopic (exact) mass is 227 g/mol. The SMILES string of the molecule is O=C1C(=O)N(O[SH](=O)=O)c2ccccc21. The highest BCUT2D eigenvalue weighted by molar-refractivity contribution is 7.67. The molecule has 0 radical (unpaired) electrons. The van der Waals surface area contributed by atoms with Gasteiger partial charge in [0.2, 0.25) is 0 Å². The number of carbonyl (C=O) groups is 2. The Morgan fingerprint density at radius 3 is 2.47 bits per heavy atom. The smallest absolute Gasteiger partial charge is 0.283 e. The van der Waals surface area contributed by atoms with Crippen molar-refractivity contribution in [2.75, 3.05) is 5.06 Å². The molecule has 0 saturated heterocycles. The lowest BCUT2D eigenvalue weighted by Gasteiger charge is -2.09. The first-order valence-electron chi connectivity index (χ1n) is 3.91. The molecule has 0 atom stereocenters. The normalized spacial score (nSPS) is 14.9. The quantitative estimate of drug-likeness (QED) is 0.553. The van der Waals surface area contributed by atoms with Crippen LogP contribution in [0, 0.1) is 0 Å². The van der Waals surface area contributed by atoms with Crippen LogP contribution in [-0.4, -0.2) is 20.1 Å². The second kappa shape index (κ2) is 3.44. The molecule has 1 aromatic carbocycles. The Morgan fingerprint density at radius 1 is 1.13 bits per heavy atom. The zero-order valence-corrected chi connectivity index (χ0v) is 8.14. The number of hydrogen-bond donors (Lipinski definition) is 1. The number of rotatable bonds is 2. The first-order valence-corrected chi connectivity index (χ1v) is 5.01. The van der Waals surface area contributed by atoms with E-state index in [2.05, 4.69) is 4.28 Å². The number of para-hydroxylation sites is 1. The summed E-state index contributed by atoms with van der Waals surface area (Å²) in [6.45, 7) is 0. The van der Waals surface area contributed by atoms with Crippen LogP contribution in [0.3, 0.4) is 0 Å². The molecular weight excluding hydrogens is 222 g/mol. The molecule has 0 unspecified atom stereocenters. The molecule has 0 N–H and O–H groups in total. The van der Waals surface area contributed by atoms with Gasteiger partial charge in [-0.15, -0.1) is 4.28 Å². The van der Waals surface area contributed by atoms with Gasteiger partial charge in [0.15, 0.2) is 0 Å². The molecule has 7 heteroatoms. The van der Waals surface area contributed by atoms with Crippen molar-refractivity contribution in [3.05, 3.63) is 29.8 Å². The van der Waals surface area contributed by atoms with E-state index in [4.69, 9.17) is 0 Å². The highest BCUT2D eigenvalue weighted by atomic mass is 32.2. The first-order chi connectivity index (χ1) is 7.11. The molecule has 0 spiro atoms. The Labute approximate surface area is 86.2 Å². The number of anilines is 1. The summed E-state index contributed by atoms with van der Waals surface area (Å²) in [4.78, 5) is 22.6. The lowest BCUT2D eigenvalue weighted by atomic mass is 10.1. The van der Waals surface area contributed by atoms with Gasteiger partial charge in [-0.05, 0) is 12.1 Å². The van der Waals surface area contributed by atoms with Crippen molar-refractivity contribution in [2.24, 2.45) is 0 Å². The number of thiol groups is 1. The van der Waals surface area contributed by atoms with Gasteiger partial charge in [-0.1, -0.05) is 12.1 Å². The molecular formula is C8H5NO5S. The van der Waals surface area contributed by atoms with Crippen LogP contribution in [0.5, 0.6) is 0 Å². The average Bonchev–Trinajstić information content (AvgIpc) is 2.44. The second-order valence-corrected chi connectivity index (χ2v) is 3.36. The van der Waals surface area contributed by atoms with Gasteiger partial charge in [-0.2, -0.15) is 5.06 Å². The lowest BCUT2D eigenvalue weighted by molar-refractivity contribution is -0.117. The Bertz CT molecular complexity index is 514. The third kappa shape index (κ3) is 1.51. The molecule has 1 heterocycles. The van der Waals surface area contributed by atoms with E-state index in [1.54, 1.807) is 12.1 Å². The summed E-state index contributed by atoms with van der Waals surface area (Å²) in [6.07, 6.45) is 0. The molecule has 1 aliphatic heterocycles. The minimum absolute atomic E-state index is 0.138. The fourth-order valence-electron chi connectivity index (χ4n) is 1.31. The summed E-state index contributed by atoms with van der Waals surface area (Å²) >= 11 is 0. The summed E-state index contributed by atoms with van der Waals surface area (Å²) in [7, 11) is -3.23. The van der Waals surface area contributed by atoms with Crippen molar-refractivity contribution in [1.29, 1.82) is 0 Å². The van der Waals surface area contributed by atoms with E-state index in [-0.39, 0.29) is 11.3 Å². The van der Waals surface area contributed by atoms with E-state index >= 15 is 0 Å². The van der Waals surface area contributed by atoms with Crippen molar-refractivity contribution >= 4 is 28.4 Å². The maximum atomic E-state index is 11.3. The first kappa shape index (κ1) is 9.81. The zero-order chi connectivity index (χ0) is 11.0. The van der Waals surface area contributed by atoms with Crippen molar-refractivity contribution in [1.82, 2.24) is 0 Å². The van der Waals surface area contributed by atoms with Crippen molar-refractivity contribution in [3.8, 4) is 0 Å². The van der Waals surface area contributed by atoms with Crippen LogP contribution in [0.25, 0.3) is 0 Å². The predicted molar refractivity (Wildman–Crippen MR) is 49.7 cm³/mol. The Kier molecular flexibility index (Phi) is 2.25. The highest BCUT2D eigenvalue weighted by Crippen LogP contribution is 2.28. The maximum Gasteiger partial charge on any atom is 0.324 e. The molecule has 15 heavy (non-hydrogen) atoms. The van der Waals surface area contributed by atoms with Gasteiger partial charge in [0.1, 0.15) is 0 Å². The van der Waals surface area contributed by atoms with E-state index in [9.17, 15) is 18.0 Å². The number of hydroxylamine groups is 1. The van der Waals surface area contributed by atoms with Gasteiger partial charge in [0, 0.05) is 0 Å². The van der Waals surface area contributed by atoms with E-state index in [1.165, 1.54) is 12.1 Å². The van der Waals surface area contributed by atoms with Crippen molar-refractivity contribution in [3.63, 3.8) is 0 Å². The molecule has 0 aromatic heterocycles. The fraction of sp³-hybridized carbons (Fsp3) is 0. The Hall–Kier alpha value is -1.73. The molecule has 0 saturated carbocycles. The van der Waals surface area contributed by atoms with Crippen molar-refractivity contribution < 1.29 is 22.3 Å². The van der Waals surface area contributed by atoms with Crippen LogP contribution in [0.2, 0.25) is 0 Å². The van der Waals surface area contributed by atoms with Crippen LogP contribution in [0.4, 0.5) is 5.69 Å². The number of Topliss-reactive ketones (excluding diaryl/α,β-unsaturated/α-hetero) is 1. The summed E-state index contributed by atoms with van der Waals surface area (Å²) < 4.78 is 24.9. The lowest BCUT2D eigenvalue weighted by Crippen LogP contribution is -2.29. The summed E-state index contributed by atoms with van der Waals surface area (Å²) in [5, 5.41) is 0.476. The molecule has 2 rings (SSSR count). The topological polar surface area (TPSA) is 80.8 Å². The number of benzene rings is 1. The number of hydrogen-bond acceptors (Lipinski definition) is 5. The van der Waals surface area contributed by atoms with Gasteiger partial charge >= 0.3 is 5.91 Å². The van der Waals surface area contributed by atoms with Crippen LogP contribution in [0.15, 0.2) is 24.3 Å². The zero-order valence-electron chi connectivity index (χ0n) is 7.25. The van der Waals surface area contributed by atoms with Gasteiger partial charge in [-0.3, -0.25) is 9.59 Å². The van der Waals surface area contributed by atoms with Gasteiger partial charge in [0.25, 0.3) is 16.8 Å². The molecule has 0 bridgehead atoms. The van der Waals surface area contributed by atoms with Crippen LogP contribution in [-0.2, 0) is 20.1 Å². The number of ketones is 1. The predicted octanol–water partition coefficient (Wildman–Crippen LogP) is -0.326. The van der Waals surface area contributed by atoms with E-state index < -0.39 is 22.7 Å². The highest BCUT2D eigenvalue weighted by Gasteiger charge is 2.37. The minimum Gasteiger partial charge on any atom is -0.283 e. The minimum atomic E-state index is -3.23. The standard InChI is InChI=1S/C8H5NO5S/c10-7-5-3-1-2-4-6(5)9(8(7)11)14-15(12)13/h1-4,15H. The fourth-order valence-corrected chi connectivity index (χ4v) is 1.60. The Morgan fingerprint density at radius 2 is 1.80 bits per heavy atom. The largest absolute Gasteiger partial charge is 0.324 e. The summed E-state index contributed by atoms with van der Waals surface area (Å²) in [5.74, 6) is -1.78. The maximum absolute atomic E-state index is 11.3. The second-order valence-electron chi connectivity index (χ2n) is 2.75. The average molecular weight is 227 g/mol. The van der Waals surface area contributed by atoms with E-state index in [0.717, 1.165) is 0 Å². The molecule has 6 nitrogen and oxygen atoms in total. The van der Waals surface area contributed by atoms with Gasteiger partial charge < -0.3 is 0 Å². The molecule has 0 aliphatic carbocycles. The summed E-state index contributed by atoms with van der Waals surface area (Å²) in [6, 6.07) is 6.00. The van der Waals surface area contributed by atoms with Crippen LogP contribution < -0.4 is 5.06 Å². The van der Waals surface area contributed by atoms with Gasteiger partial charge in [-0.25, -0.2) is 8.42 Å². The van der Waals surface area contributed by atoms with E-state index in [0.29, 0.717) is 5.06 Å². The number of carbonyl (C=O) groups excluding carboxylic acids is 2. The molecule has 1 amide bonds. The molecule has 78 valence electrons. The molecule has 1 aromatic rings. The Balaban J connectivity index is 2.51. The summed E-state index contributed by atoms with van der Waals surface area (Å²) in [5.41, 5.74) is 0.283. The third-order valence-corrected chi connectivity index (χ3v) is 2.19. The molecule has 0 fully saturated rings. The number of nitrogens with zero attached hydrogens (tertiary/aromatic N) is 1. The van der Waals surface area contributed by atoms with Crippen LogP contribution in [0.1, 0.15) is 10.4 Å². The van der Waals surface area contributed by atoms with Gasteiger partial charge in [0.05, 0.1) is 11.3 Å². The van der Waals surface area contributed by atoms with Crippen molar-refractivity contribution in [2.45, 2.75) is 0 Å². The van der Waals surface area contributed by atoms with Crippen LogP contribution >= 0.6 is 0 Å². The number of amides is 1. The molecule has 1 aliphatic rings. The third-order valence-electron chi connectivity index (χ3n) is 1.89. The van der Waals surface area contributed by atoms with E-state index in [1.807, 2.05) is 0 Å².